The molecular formula is C28H22FN3O5S. The lowest BCUT2D eigenvalue weighted by Crippen LogP contribution is -2.04. The Bertz CT molecular complexity index is 1630. The van der Waals surface area contributed by atoms with E-state index in [0.29, 0.717) is 41.9 Å². The van der Waals surface area contributed by atoms with E-state index in [1.807, 2.05) is 66.7 Å². The van der Waals surface area contributed by atoms with Crippen molar-refractivity contribution in [1.82, 2.24) is 14.5 Å². The van der Waals surface area contributed by atoms with Crippen LogP contribution in [0.3, 0.4) is 0 Å². The standard InChI is InChI=1S/C28H22FN3O5S/c29-38(33,34)37-24-13-7-12-23(16-24)25-17-32(20-30-25)26-14-15-27(35-18-21-8-3-1-4-9-21)31-28(26)36-19-22-10-5-2-6-11-22/h1-17,20H,18-19H2. The van der Waals surface area contributed by atoms with Crippen LogP contribution in [0.1, 0.15) is 11.1 Å². The summed E-state index contributed by atoms with van der Waals surface area (Å²) in [5.74, 6) is 0.579. The normalized spacial score (nSPS) is 11.2. The Kier molecular flexibility index (Phi) is 7.32. The highest BCUT2D eigenvalue weighted by Gasteiger charge is 2.14. The van der Waals surface area contributed by atoms with Crippen LogP contribution in [-0.4, -0.2) is 23.0 Å². The van der Waals surface area contributed by atoms with Crippen molar-refractivity contribution in [2.75, 3.05) is 0 Å². The van der Waals surface area contributed by atoms with Gasteiger partial charge in [0, 0.05) is 17.8 Å². The van der Waals surface area contributed by atoms with Crippen molar-refractivity contribution in [2.24, 2.45) is 0 Å². The number of ether oxygens (including phenoxy) is 2. The van der Waals surface area contributed by atoms with Crippen LogP contribution < -0.4 is 13.7 Å². The van der Waals surface area contributed by atoms with E-state index in [9.17, 15) is 12.3 Å². The van der Waals surface area contributed by atoms with Gasteiger partial charge in [0.2, 0.25) is 11.8 Å². The molecule has 0 saturated carbocycles. The number of rotatable bonds is 10. The van der Waals surface area contributed by atoms with Crippen LogP contribution in [0.4, 0.5) is 3.89 Å². The van der Waals surface area contributed by atoms with E-state index >= 15 is 0 Å². The van der Waals surface area contributed by atoms with Gasteiger partial charge in [0.15, 0.2) is 0 Å². The van der Waals surface area contributed by atoms with Gasteiger partial charge >= 0.3 is 10.5 Å². The molecule has 38 heavy (non-hydrogen) atoms. The van der Waals surface area contributed by atoms with Gasteiger partial charge in [0.25, 0.3) is 0 Å². The first kappa shape index (κ1) is 25.0. The second-order valence-corrected chi connectivity index (χ2v) is 9.15. The van der Waals surface area contributed by atoms with Crippen molar-refractivity contribution >= 4 is 10.5 Å². The first-order valence-electron chi connectivity index (χ1n) is 11.6. The summed E-state index contributed by atoms with van der Waals surface area (Å²) in [6.07, 6.45) is 3.30. The highest BCUT2D eigenvalue weighted by molar-refractivity contribution is 7.81. The minimum Gasteiger partial charge on any atom is -0.473 e. The third-order valence-corrected chi connectivity index (χ3v) is 5.84. The van der Waals surface area contributed by atoms with Gasteiger partial charge in [-0.25, -0.2) is 4.98 Å². The number of hydrogen-bond acceptors (Lipinski definition) is 7. The topological polar surface area (TPSA) is 92.5 Å². The third-order valence-electron chi connectivity index (χ3n) is 5.45. The Labute approximate surface area is 219 Å². The van der Waals surface area contributed by atoms with Gasteiger partial charge in [0.05, 0.1) is 5.69 Å². The Morgan fingerprint density at radius 3 is 2.16 bits per heavy atom. The van der Waals surface area contributed by atoms with Gasteiger partial charge < -0.3 is 18.2 Å². The van der Waals surface area contributed by atoms with Gasteiger partial charge in [-0.15, -0.1) is 0 Å². The maximum Gasteiger partial charge on any atom is 0.488 e. The lowest BCUT2D eigenvalue weighted by molar-refractivity contribution is 0.267. The average Bonchev–Trinajstić information content (AvgIpc) is 3.41. The van der Waals surface area contributed by atoms with Crippen LogP contribution >= 0.6 is 0 Å². The summed E-state index contributed by atoms with van der Waals surface area (Å²) in [5.41, 5.74) is 3.64. The number of nitrogens with zero attached hydrogens (tertiary/aromatic N) is 3. The molecule has 2 aromatic heterocycles. The monoisotopic (exact) mass is 531 g/mol. The largest absolute Gasteiger partial charge is 0.488 e. The summed E-state index contributed by atoms with van der Waals surface area (Å²) in [7, 11) is -5.14. The van der Waals surface area contributed by atoms with E-state index in [1.54, 1.807) is 35.3 Å². The zero-order valence-corrected chi connectivity index (χ0v) is 20.8. The molecule has 2 heterocycles. The van der Waals surface area contributed by atoms with E-state index in [2.05, 4.69) is 14.2 Å². The second kappa shape index (κ2) is 11.1. The number of imidazole rings is 1. The van der Waals surface area contributed by atoms with Crippen LogP contribution in [0.5, 0.6) is 17.5 Å². The fourth-order valence-electron chi connectivity index (χ4n) is 3.68. The zero-order valence-electron chi connectivity index (χ0n) is 20.0. The molecule has 0 bridgehead atoms. The number of hydrogen-bond donors (Lipinski definition) is 0. The highest BCUT2D eigenvalue weighted by atomic mass is 32.3. The number of pyridine rings is 1. The Balaban J connectivity index is 1.42. The molecule has 0 atom stereocenters. The van der Waals surface area contributed by atoms with E-state index in [1.165, 1.54) is 12.1 Å². The van der Waals surface area contributed by atoms with Gasteiger partial charge in [-0.1, -0.05) is 76.7 Å². The van der Waals surface area contributed by atoms with Crippen molar-refractivity contribution < 1.29 is 26.0 Å². The molecule has 0 radical (unpaired) electrons. The molecule has 0 N–H and O–H groups in total. The van der Waals surface area contributed by atoms with Crippen molar-refractivity contribution in [3.63, 3.8) is 0 Å². The van der Waals surface area contributed by atoms with Gasteiger partial charge in [-0.05, 0) is 29.3 Å². The Morgan fingerprint density at radius 1 is 0.789 bits per heavy atom. The van der Waals surface area contributed by atoms with E-state index in [-0.39, 0.29) is 5.75 Å². The van der Waals surface area contributed by atoms with Crippen LogP contribution in [0.2, 0.25) is 0 Å². The van der Waals surface area contributed by atoms with Crippen LogP contribution in [0, 0.1) is 0 Å². The molecule has 0 spiro atoms. The van der Waals surface area contributed by atoms with E-state index in [0.717, 1.165) is 11.1 Å². The van der Waals surface area contributed by atoms with E-state index in [4.69, 9.17) is 9.47 Å². The maximum atomic E-state index is 13.0. The first-order chi connectivity index (χ1) is 18.4. The second-order valence-electron chi connectivity index (χ2n) is 8.19. The number of benzene rings is 3. The van der Waals surface area contributed by atoms with E-state index < -0.39 is 10.5 Å². The molecule has 192 valence electrons. The first-order valence-corrected chi connectivity index (χ1v) is 12.9. The van der Waals surface area contributed by atoms with Crippen LogP contribution in [-0.2, 0) is 23.7 Å². The molecule has 10 heteroatoms. The quantitative estimate of drug-likeness (QED) is 0.214. The molecule has 3 aromatic carbocycles. The molecule has 0 aliphatic heterocycles. The van der Waals surface area contributed by atoms with Crippen molar-refractivity contribution in [2.45, 2.75) is 13.2 Å². The summed E-state index contributed by atoms with van der Waals surface area (Å²) in [4.78, 5) is 9.00. The Morgan fingerprint density at radius 2 is 1.47 bits per heavy atom. The lowest BCUT2D eigenvalue weighted by atomic mass is 10.1. The highest BCUT2D eigenvalue weighted by Crippen LogP contribution is 2.29. The third kappa shape index (κ3) is 6.54. The molecule has 0 fully saturated rings. The summed E-state index contributed by atoms with van der Waals surface area (Å²) in [6, 6.07) is 29.0. The molecule has 0 aliphatic rings. The van der Waals surface area contributed by atoms with Crippen molar-refractivity contribution in [3.8, 4) is 34.5 Å². The Hall–Kier alpha value is -4.70. The van der Waals surface area contributed by atoms with Gasteiger partial charge in [0.1, 0.15) is 31.0 Å². The van der Waals surface area contributed by atoms with Crippen molar-refractivity contribution in [1.29, 1.82) is 0 Å². The molecule has 5 rings (SSSR count). The molecule has 0 saturated heterocycles. The molecular weight excluding hydrogens is 509 g/mol. The fraction of sp³-hybridized carbons (Fsp3) is 0.0714. The molecule has 0 aliphatic carbocycles. The average molecular weight is 532 g/mol. The van der Waals surface area contributed by atoms with Gasteiger partial charge in [-0.3, -0.25) is 0 Å². The maximum absolute atomic E-state index is 13.0. The minimum absolute atomic E-state index is 0.159. The lowest BCUT2D eigenvalue weighted by Gasteiger charge is -2.13. The summed E-state index contributed by atoms with van der Waals surface area (Å²) < 4.78 is 52.7. The molecule has 0 unspecified atom stereocenters. The summed E-state index contributed by atoms with van der Waals surface area (Å²) in [5, 5.41) is 0. The summed E-state index contributed by atoms with van der Waals surface area (Å²) >= 11 is 0. The van der Waals surface area contributed by atoms with Crippen LogP contribution in [0.15, 0.2) is 110 Å². The summed E-state index contributed by atoms with van der Waals surface area (Å²) in [6.45, 7) is 0.648. The molecule has 0 amide bonds. The van der Waals surface area contributed by atoms with Crippen molar-refractivity contribution in [3.05, 3.63) is 121 Å². The smallest absolute Gasteiger partial charge is 0.473 e. The van der Waals surface area contributed by atoms with Gasteiger partial charge in [-0.2, -0.15) is 13.4 Å². The number of aromatic nitrogens is 3. The number of halogens is 1. The van der Waals surface area contributed by atoms with Crippen LogP contribution in [0.25, 0.3) is 16.9 Å². The predicted octanol–water partition coefficient (Wildman–Crippen LogP) is 5.69. The zero-order chi connectivity index (χ0) is 26.4. The molecule has 5 aromatic rings. The minimum atomic E-state index is -5.14. The fourth-order valence-corrected chi connectivity index (χ4v) is 4.02. The SMILES string of the molecule is O=S(=O)(F)Oc1cccc(-c2cn(-c3ccc(OCc4ccccc4)nc3OCc3ccccc3)cn2)c1. The molecule has 8 nitrogen and oxygen atoms in total. The predicted molar refractivity (Wildman–Crippen MR) is 139 cm³/mol.